The molecule has 2 saturated heterocycles. The summed E-state index contributed by atoms with van der Waals surface area (Å²) in [6.07, 6.45) is 1.98. The molecule has 2 heterocycles. The first-order valence-electron chi connectivity index (χ1n) is 4.87. The number of fused-ring (bicyclic) bond motifs is 1. The molecule has 6 nitrogen and oxygen atoms in total. The van der Waals surface area contributed by atoms with Crippen LogP contribution in [0, 0.1) is 0 Å². The monoisotopic (exact) mass is 225 g/mol. The molecule has 2 aliphatic heterocycles. The SMILES string of the molecule is COC(=O)C=C1C[C@@H]2CC(=O)N2[C@H]1C(=O)O. The molecule has 0 saturated carbocycles. The molecular weight excluding hydrogens is 214 g/mol. The summed E-state index contributed by atoms with van der Waals surface area (Å²) in [6, 6.07) is -1.06. The summed E-state index contributed by atoms with van der Waals surface area (Å²) in [5.41, 5.74) is 0.440. The second kappa shape index (κ2) is 3.62. The van der Waals surface area contributed by atoms with Gasteiger partial charge in [-0.2, -0.15) is 0 Å². The van der Waals surface area contributed by atoms with Crippen LogP contribution in [-0.2, 0) is 19.1 Å². The van der Waals surface area contributed by atoms with Crippen LogP contribution >= 0.6 is 0 Å². The van der Waals surface area contributed by atoms with Crippen molar-refractivity contribution in [1.29, 1.82) is 0 Å². The zero-order chi connectivity index (χ0) is 11.9. The number of carboxylic acids is 1. The average Bonchev–Trinajstić information content (AvgIpc) is 2.51. The minimum Gasteiger partial charge on any atom is -0.479 e. The minimum atomic E-state index is -1.11. The summed E-state index contributed by atoms with van der Waals surface area (Å²) in [7, 11) is 1.23. The van der Waals surface area contributed by atoms with Crippen molar-refractivity contribution in [3.05, 3.63) is 11.6 Å². The number of nitrogens with zero attached hydrogens (tertiary/aromatic N) is 1. The molecule has 0 aromatic rings. The summed E-state index contributed by atoms with van der Waals surface area (Å²) >= 11 is 0. The van der Waals surface area contributed by atoms with E-state index in [0.717, 1.165) is 0 Å². The number of carboxylic acid groups (broad SMARTS) is 1. The maximum atomic E-state index is 11.2. The average molecular weight is 225 g/mol. The third kappa shape index (κ3) is 1.46. The van der Waals surface area contributed by atoms with E-state index in [1.54, 1.807) is 0 Å². The number of ether oxygens (including phenoxy) is 1. The molecule has 6 heteroatoms. The minimum absolute atomic E-state index is 0.0653. The Morgan fingerprint density at radius 3 is 2.69 bits per heavy atom. The molecule has 2 fully saturated rings. The topological polar surface area (TPSA) is 83.9 Å². The quantitative estimate of drug-likeness (QED) is 0.390. The maximum absolute atomic E-state index is 11.2. The Labute approximate surface area is 91.5 Å². The Bertz CT molecular complexity index is 400. The van der Waals surface area contributed by atoms with Crippen LogP contribution in [0.2, 0.25) is 0 Å². The Hall–Kier alpha value is -1.85. The zero-order valence-corrected chi connectivity index (χ0v) is 8.67. The van der Waals surface area contributed by atoms with E-state index in [1.807, 2.05) is 0 Å². The molecule has 0 unspecified atom stereocenters. The van der Waals surface area contributed by atoms with E-state index in [4.69, 9.17) is 5.11 Å². The molecule has 86 valence electrons. The van der Waals surface area contributed by atoms with Gasteiger partial charge in [0.1, 0.15) is 0 Å². The van der Waals surface area contributed by atoms with Crippen molar-refractivity contribution in [2.24, 2.45) is 0 Å². The Morgan fingerprint density at radius 1 is 1.50 bits per heavy atom. The van der Waals surface area contributed by atoms with Gasteiger partial charge in [0, 0.05) is 18.5 Å². The van der Waals surface area contributed by atoms with E-state index in [9.17, 15) is 14.4 Å². The second-order valence-electron chi connectivity index (χ2n) is 3.85. The van der Waals surface area contributed by atoms with Crippen molar-refractivity contribution < 1.29 is 24.2 Å². The first-order chi connectivity index (χ1) is 7.54. The van der Waals surface area contributed by atoms with Gasteiger partial charge in [-0.15, -0.1) is 0 Å². The number of carbonyl (C=O) groups is 3. The van der Waals surface area contributed by atoms with Crippen LogP contribution in [0.5, 0.6) is 0 Å². The summed E-state index contributed by atoms with van der Waals surface area (Å²) in [5.74, 6) is -1.87. The van der Waals surface area contributed by atoms with Crippen LogP contribution in [0.15, 0.2) is 11.6 Å². The van der Waals surface area contributed by atoms with E-state index < -0.39 is 18.0 Å². The number of hydrogen-bond donors (Lipinski definition) is 1. The molecule has 1 N–H and O–H groups in total. The molecule has 2 rings (SSSR count). The molecule has 0 aromatic heterocycles. The van der Waals surface area contributed by atoms with Gasteiger partial charge in [0.25, 0.3) is 0 Å². The Morgan fingerprint density at radius 2 is 2.19 bits per heavy atom. The largest absolute Gasteiger partial charge is 0.479 e. The van der Waals surface area contributed by atoms with Crippen LogP contribution in [0.4, 0.5) is 0 Å². The lowest BCUT2D eigenvalue weighted by Crippen LogP contribution is -2.54. The smallest absolute Gasteiger partial charge is 0.330 e. The van der Waals surface area contributed by atoms with Gasteiger partial charge in [0.15, 0.2) is 6.04 Å². The summed E-state index contributed by atoms with van der Waals surface area (Å²) in [5, 5.41) is 9.02. The predicted molar refractivity (Wildman–Crippen MR) is 51.4 cm³/mol. The lowest BCUT2D eigenvalue weighted by molar-refractivity contribution is -0.155. The van der Waals surface area contributed by atoms with Gasteiger partial charge in [-0.3, -0.25) is 4.79 Å². The number of methoxy groups -OCH3 is 1. The van der Waals surface area contributed by atoms with Crippen molar-refractivity contribution in [2.75, 3.05) is 7.11 Å². The first-order valence-corrected chi connectivity index (χ1v) is 4.87. The highest BCUT2D eigenvalue weighted by Gasteiger charge is 2.51. The fourth-order valence-electron chi connectivity index (χ4n) is 2.21. The highest BCUT2D eigenvalue weighted by Crippen LogP contribution is 2.38. The molecule has 2 aliphatic rings. The normalized spacial score (nSPS) is 29.9. The van der Waals surface area contributed by atoms with Gasteiger partial charge in [-0.25, -0.2) is 9.59 Å². The fraction of sp³-hybridized carbons (Fsp3) is 0.500. The second-order valence-corrected chi connectivity index (χ2v) is 3.85. The lowest BCUT2D eigenvalue weighted by atomic mass is 10.0. The highest BCUT2D eigenvalue weighted by molar-refractivity contribution is 5.94. The number of β-lactam (4-membered cyclic amide) rings is 1. The highest BCUT2D eigenvalue weighted by atomic mass is 16.5. The maximum Gasteiger partial charge on any atom is 0.330 e. The third-order valence-corrected chi connectivity index (χ3v) is 2.93. The van der Waals surface area contributed by atoms with E-state index >= 15 is 0 Å². The molecular formula is C10H11NO5. The van der Waals surface area contributed by atoms with Gasteiger partial charge < -0.3 is 14.7 Å². The first kappa shape index (κ1) is 10.7. The predicted octanol–water partition coefficient (Wildman–Crippen LogP) is -0.456. The summed E-state index contributed by atoms with van der Waals surface area (Å²) < 4.78 is 4.45. The molecule has 0 bridgehead atoms. The van der Waals surface area contributed by atoms with Crippen LogP contribution in [0.25, 0.3) is 0 Å². The zero-order valence-electron chi connectivity index (χ0n) is 8.67. The van der Waals surface area contributed by atoms with Crippen LogP contribution in [0.1, 0.15) is 12.8 Å². The molecule has 2 atom stereocenters. The third-order valence-electron chi connectivity index (χ3n) is 2.93. The van der Waals surface area contributed by atoms with Crippen molar-refractivity contribution >= 4 is 17.8 Å². The van der Waals surface area contributed by atoms with Crippen molar-refractivity contribution in [3.63, 3.8) is 0 Å². The van der Waals surface area contributed by atoms with Crippen molar-refractivity contribution in [2.45, 2.75) is 24.9 Å². The molecule has 0 radical (unpaired) electrons. The number of carbonyl (C=O) groups excluding carboxylic acids is 2. The number of rotatable bonds is 2. The van der Waals surface area contributed by atoms with Crippen LogP contribution < -0.4 is 0 Å². The van der Waals surface area contributed by atoms with Gasteiger partial charge >= 0.3 is 11.9 Å². The summed E-state index contributed by atoms with van der Waals surface area (Å²) in [4.78, 5) is 34.7. The van der Waals surface area contributed by atoms with E-state index in [-0.39, 0.29) is 11.9 Å². The van der Waals surface area contributed by atoms with E-state index in [1.165, 1.54) is 18.1 Å². The van der Waals surface area contributed by atoms with Gasteiger partial charge in [0.05, 0.1) is 7.11 Å². The van der Waals surface area contributed by atoms with Crippen LogP contribution in [-0.4, -0.2) is 47.0 Å². The molecule has 1 amide bonds. The van der Waals surface area contributed by atoms with Crippen LogP contribution in [0.3, 0.4) is 0 Å². The van der Waals surface area contributed by atoms with Crippen molar-refractivity contribution in [1.82, 2.24) is 4.90 Å². The van der Waals surface area contributed by atoms with Gasteiger partial charge in [-0.1, -0.05) is 0 Å². The standard InChI is InChI=1S/C10H11NO5/c1-16-8(13)3-5-2-6-4-7(12)11(6)9(5)10(14)15/h3,6,9H,2,4H2,1H3,(H,14,15)/t6-,9-/m1/s1. The van der Waals surface area contributed by atoms with Gasteiger partial charge in [-0.05, 0) is 12.0 Å². The number of aliphatic carboxylic acids is 1. The van der Waals surface area contributed by atoms with E-state index in [2.05, 4.69) is 4.74 Å². The number of amides is 1. The molecule has 16 heavy (non-hydrogen) atoms. The fourth-order valence-corrected chi connectivity index (χ4v) is 2.21. The molecule has 0 aromatic carbocycles. The Kier molecular flexibility index (Phi) is 2.41. The summed E-state index contributed by atoms with van der Waals surface area (Å²) in [6.45, 7) is 0. The molecule has 0 aliphatic carbocycles. The Balaban J connectivity index is 2.26. The number of hydrogen-bond acceptors (Lipinski definition) is 4. The van der Waals surface area contributed by atoms with Gasteiger partial charge in [0.2, 0.25) is 5.91 Å². The molecule has 0 spiro atoms. The van der Waals surface area contributed by atoms with E-state index in [0.29, 0.717) is 18.4 Å². The number of esters is 1. The lowest BCUT2D eigenvalue weighted by Gasteiger charge is -2.36. The van der Waals surface area contributed by atoms with Crippen molar-refractivity contribution in [3.8, 4) is 0 Å².